The van der Waals surface area contributed by atoms with E-state index in [9.17, 15) is 0 Å². The van der Waals surface area contributed by atoms with Gasteiger partial charge in [0.25, 0.3) is 0 Å². The lowest BCUT2D eigenvalue weighted by molar-refractivity contribution is 0.563. The maximum atomic E-state index is 2.72. The van der Waals surface area contributed by atoms with Gasteiger partial charge in [0.15, 0.2) is 0 Å². The van der Waals surface area contributed by atoms with Gasteiger partial charge in [-0.2, -0.15) is 0 Å². The largest absolute Gasteiger partial charge is 0.344 e. The fourth-order valence-corrected chi connectivity index (χ4v) is 10.4. The topological polar surface area (TPSA) is 6.48 Å². The quantitative estimate of drug-likeness (QED) is 0.104. The zero-order chi connectivity index (χ0) is 33.6. The van der Waals surface area contributed by atoms with Gasteiger partial charge in [-0.1, -0.05) is 152 Å². The van der Waals surface area contributed by atoms with Crippen LogP contribution in [0.2, 0.25) is 0 Å². The minimum absolute atomic E-state index is 0.00509. The zero-order valence-electron chi connectivity index (χ0n) is 30.0. The van der Waals surface area contributed by atoms with E-state index in [4.69, 9.17) is 0 Å². The lowest BCUT2D eigenvalue weighted by Crippen LogP contribution is -2.32. The highest BCUT2D eigenvalue weighted by molar-refractivity contribution is 14.2. The number of hydrogen-bond acceptors (Lipinski definition) is 2. The second-order valence-electron chi connectivity index (χ2n) is 14.0. The number of fused-ring (bicyclic) bond motifs is 3. The zero-order valence-corrected chi connectivity index (χ0v) is 32.2. The van der Waals surface area contributed by atoms with Crippen molar-refractivity contribution < 1.29 is 0 Å². The van der Waals surface area contributed by atoms with Crippen LogP contribution in [-0.4, -0.2) is 19.7 Å². The number of anilines is 1. The van der Waals surface area contributed by atoms with Gasteiger partial charge in [-0.05, 0) is 71.4 Å². The summed E-state index contributed by atoms with van der Waals surface area (Å²) < 4.78 is 4.30. The van der Waals surface area contributed by atoms with Gasteiger partial charge in [-0.25, -0.2) is 0 Å². The molecule has 248 valence electrons. The van der Waals surface area contributed by atoms with E-state index in [1.807, 2.05) is 0 Å². The van der Waals surface area contributed by atoms with Crippen LogP contribution in [0.15, 0.2) is 115 Å². The third-order valence-corrected chi connectivity index (χ3v) is 14.0. The summed E-state index contributed by atoms with van der Waals surface area (Å²) >= 11 is -0.249. The van der Waals surface area contributed by atoms with E-state index in [2.05, 4.69) is 167 Å². The normalized spacial score (nSPS) is 18.6. The molecule has 2 nitrogen and oxygen atoms in total. The van der Waals surface area contributed by atoms with Gasteiger partial charge in [0.1, 0.15) is 0 Å². The van der Waals surface area contributed by atoms with Gasteiger partial charge in [0.2, 0.25) is 0 Å². The lowest BCUT2D eigenvalue weighted by atomic mass is 9.75. The Morgan fingerprint density at radius 1 is 0.723 bits per heavy atom. The SMILES string of the molecule is CCCCN1I=C(/C=C/C=C/C=C/C=C2/N(CCCC)c3ccc4ccccc4c3C2(C)C)C(C)(C)C(c2ccccc2CC)=C1C. The molecule has 2 aliphatic rings. The molecule has 0 radical (unpaired) electrons. The minimum Gasteiger partial charge on any atom is -0.344 e. The van der Waals surface area contributed by atoms with Crippen LogP contribution >= 0.6 is 21.0 Å². The van der Waals surface area contributed by atoms with Crippen molar-refractivity contribution in [3.8, 4) is 0 Å². The Labute approximate surface area is 295 Å². The molecule has 3 aromatic rings. The third kappa shape index (κ3) is 7.16. The van der Waals surface area contributed by atoms with Gasteiger partial charge in [-0.15, -0.1) is 0 Å². The van der Waals surface area contributed by atoms with Crippen molar-refractivity contribution >= 4 is 46.5 Å². The van der Waals surface area contributed by atoms with Crippen LogP contribution in [0.3, 0.4) is 0 Å². The van der Waals surface area contributed by atoms with Crippen molar-refractivity contribution in [3.05, 3.63) is 131 Å². The lowest BCUT2D eigenvalue weighted by Gasteiger charge is -2.40. The van der Waals surface area contributed by atoms with Gasteiger partial charge >= 0.3 is 0 Å². The highest BCUT2D eigenvalue weighted by Gasteiger charge is 2.41. The summed E-state index contributed by atoms with van der Waals surface area (Å²) in [6.07, 6.45) is 21.8. The molecule has 0 saturated heterocycles. The fourth-order valence-electron chi connectivity index (χ4n) is 7.39. The van der Waals surface area contributed by atoms with Crippen molar-refractivity contribution in [3.63, 3.8) is 0 Å². The van der Waals surface area contributed by atoms with Crippen molar-refractivity contribution in [2.24, 2.45) is 5.41 Å². The van der Waals surface area contributed by atoms with Gasteiger partial charge < -0.3 is 8.01 Å². The first kappa shape index (κ1) is 35.1. The van der Waals surface area contributed by atoms with E-state index in [1.54, 1.807) is 3.51 Å². The van der Waals surface area contributed by atoms with Crippen molar-refractivity contribution in [1.29, 1.82) is 0 Å². The number of allylic oxidation sites excluding steroid dienone is 10. The Morgan fingerprint density at radius 2 is 1.40 bits per heavy atom. The predicted octanol–water partition coefficient (Wildman–Crippen LogP) is 12.5. The van der Waals surface area contributed by atoms with Crippen LogP contribution in [-0.2, 0) is 11.8 Å². The number of rotatable bonds is 12. The molecule has 2 aliphatic heterocycles. The first-order valence-electron chi connectivity index (χ1n) is 17.8. The first-order valence-corrected chi connectivity index (χ1v) is 19.8. The molecule has 0 spiro atoms. The van der Waals surface area contributed by atoms with Crippen LogP contribution < -0.4 is 4.90 Å². The number of nitrogens with zero attached hydrogens (tertiary/aromatic N) is 2. The molecule has 0 bridgehead atoms. The summed E-state index contributed by atoms with van der Waals surface area (Å²) in [5.74, 6) is 0. The average Bonchev–Trinajstić information content (AvgIpc) is 3.28. The molecule has 0 aliphatic carbocycles. The van der Waals surface area contributed by atoms with Gasteiger partial charge in [0, 0.05) is 65.5 Å². The smallest absolute Gasteiger partial charge is 0.0457 e. The molecule has 0 aromatic heterocycles. The Kier molecular flexibility index (Phi) is 11.5. The predicted molar refractivity (Wildman–Crippen MR) is 218 cm³/mol. The molecule has 0 amide bonds. The van der Waals surface area contributed by atoms with Gasteiger partial charge in [-0.3, -0.25) is 0 Å². The molecule has 0 fully saturated rings. The highest BCUT2D eigenvalue weighted by Crippen LogP contribution is 2.51. The molecule has 0 N–H and O–H groups in total. The molecule has 0 atom stereocenters. The molecular formula is C44H55IN2. The number of benzene rings is 3. The van der Waals surface area contributed by atoms with Crippen LogP contribution in [0.5, 0.6) is 0 Å². The van der Waals surface area contributed by atoms with Crippen LogP contribution in [0.4, 0.5) is 5.69 Å². The fraction of sp³-hybridized carbons (Fsp3) is 0.386. The third-order valence-electron chi connectivity index (χ3n) is 9.95. The monoisotopic (exact) mass is 738 g/mol. The maximum Gasteiger partial charge on any atom is 0.0457 e. The molecule has 0 saturated carbocycles. The van der Waals surface area contributed by atoms with Gasteiger partial charge in [0.05, 0.1) is 0 Å². The molecule has 2 heterocycles. The van der Waals surface area contributed by atoms with Crippen molar-refractivity contribution in [2.75, 3.05) is 18.0 Å². The maximum absolute atomic E-state index is 2.72. The van der Waals surface area contributed by atoms with E-state index < -0.39 is 0 Å². The van der Waals surface area contributed by atoms with E-state index in [0.29, 0.717) is 0 Å². The summed E-state index contributed by atoms with van der Waals surface area (Å²) in [5.41, 5.74) is 10.0. The summed E-state index contributed by atoms with van der Waals surface area (Å²) in [4.78, 5) is 2.57. The first-order chi connectivity index (χ1) is 22.7. The van der Waals surface area contributed by atoms with Crippen LogP contribution in [0.25, 0.3) is 16.3 Å². The van der Waals surface area contributed by atoms with E-state index in [1.165, 1.54) is 75.8 Å². The number of halogens is 1. The van der Waals surface area contributed by atoms with Crippen LogP contribution in [0, 0.1) is 5.41 Å². The summed E-state index contributed by atoms with van der Waals surface area (Å²) in [6, 6.07) is 22.5. The summed E-state index contributed by atoms with van der Waals surface area (Å²) in [6.45, 7) is 21.1. The number of hydrogen-bond donors (Lipinski definition) is 0. The number of aryl methyl sites for hydroxylation is 1. The minimum atomic E-state index is -0.249. The molecule has 3 aromatic carbocycles. The molecule has 0 unspecified atom stereocenters. The molecule has 47 heavy (non-hydrogen) atoms. The Balaban J connectivity index is 1.39. The summed E-state index contributed by atoms with van der Waals surface area (Å²) in [7, 11) is 0. The Morgan fingerprint density at radius 3 is 2.17 bits per heavy atom. The van der Waals surface area contributed by atoms with E-state index in [-0.39, 0.29) is 31.8 Å². The van der Waals surface area contributed by atoms with E-state index >= 15 is 0 Å². The van der Waals surface area contributed by atoms with Crippen LogP contribution in [0.1, 0.15) is 97.8 Å². The van der Waals surface area contributed by atoms with Crippen molar-refractivity contribution in [1.82, 2.24) is 3.11 Å². The molecular weight excluding hydrogens is 683 g/mol. The average molecular weight is 739 g/mol. The molecule has 3 heteroatoms. The highest BCUT2D eigenvalue weighted by atomic mass is 127. The second-order valence-corrected chi connectivity index (χ2v) is 16.8. The molecule has 5 rings (SSSR count). The van der Waals surface area contributed by atoms with E-state index in [0.717, 1.165) is 19.5 Å². The summed E-state index contributed by atoms with van der Waals surface area (Å²) in [5, 5.41) is 2.70. The Bertz CT molecular complexity index is 1760. The number of unbranched alkanes of at least 4 members (excludes halogenated alkanes) is 2. The van der Waals surface area contributed by atoms with Crippen molar-refractivity contribution in [2.45, 2.75) is 92.9 Å². The Hall–Kier alpha value is -3.18. The standard InChI is InChI=1S/C44H55IN2/c1-9-12-31-46-38-30-29-35-24-20-22-26-37(35)42(38)44(7,8)40(46)28-18-16-14-15-17-27-39-43(5,6)41(33(4)47(45-39)32-13-10-2)36-25-21-19-23-34(36)11-3/h14-30H,9-13,31-32H2,1-8H3/b15-14+,18-16+,27-17+,40-28+. The second kappa shape index (κ2) is 15.4.